The van der Waals surface area contributed by atoms with Gasteiger partial charge in [0, 0.05) is 11.0 Å². The second-order valence-electron chi connectivity index (χ2n) is 7.86. The molecule has 152 valence electrons. The van der Waals surface area contributed by atoms with Gasteiger partial charge in [0.2, 0.25) is 0 Å². The number of carbonyl (C=O) groups excluding carboxylic acids is 1. The van der Waals surface area contributed by atoms with Crippen LogP contribution in [0.2, 0.25) is 0 Å². The van der Waals surface area contributed by atoms with Gasteiger partial charge in [-0.2, -0.15) is 0 Å². The van der Waals surface area contributed by atoms with Crippen LogP contribution in [0.5, 0.6) is 5.75 Å². The number of unbranched alkanes of at least 4 members (excludes halogenated alkanes) is 1. The SMILES string of the molecule is CCCCOC1=C(CN)[N+]([O-])(CC(C)(C)C)C(=O)c2cc(OC)ccc21.Cl. The van der Waals surface area contributed by atoms with Crippen molar-refractivity contribution < 1.29 is 18.9 Å². The van der Waals surface area contributed by atoms with Gasteiger partial charge < -0.3 is 20.4 Å². The number of rotatable bonds is 7. The summed E-state index contributed by atoms with van der Waals surface area (Å²) in [4.78, 5) is 13.2. The van der Waals surface area contributed by atoms with Gasteiger partial charge >= 0.3 is 5.91 Å². The van der Waals surface area contributed by atoms with E-state index in [4.69, 9.17) is 15.2 Å². The van der Waals surface area contributed by atoms with Gasteiger partial charge in [0.05, 0.1) is 32.4 Å². The highest BCUT2D eigenvalue weighted by Crippen LogP contribution is 2.40. The fourth-order valence-corrected chi connectivity index (χ4v) is 3.22. The maximum absolute atomic E-state index is 13.8. The van der Waals surface area contributed by atoms with E-state index in [1.807, 2.05) is 20.8 Å². The number of nitrogens with two attached hydrogens (primary N) is 1. The van der Waals surface area contributed by atoms with Crippen LogP contribution in [0.25, 0.3) is 5.76 Å². The van der Waals surface area contributed by atoms with Crippen LogP contribution in [-0.4, -0.2) is 37.4 Å². The lowest BCUT2D eigenvalue weighted by molar-refractivity contribution is -0.766. The van der Waals surface area contributed by atoms with Crippen molar-refractivity contribution in [3.05, 3.63) is 40.2 Å². The Balaban J connectivity index is 0.00000364. The molecule has 7 heteroatoms. The zero-order valence-electron chi connectivity index (χ0n) is 16.8. The Labute approximate surface area is 167 Å². The quantitative estimate of drug-likeness (QED) is 0.425. The number of amides is 1. The number of nitrogens with zero attached hydrogens (tertiary/aromatic N) is 1. The Kier molecular flexibility index (Phi) is 7.87. The van der Waals surface area contributed by atoms with Gasteiger partial charge in [-0.3, -0.25) is 4.65 Å². The van der Waals surface area contributed by atoms with Gasteiger partial charge in [-0.05, 0) is 24.6 Å². The molecule has 0 saturated heterocycles. The Morgan fingerprint density at radius 1 is 1.22 bits per heavy atom. The molecule has 1 aliphatic rings. The molecule has 1 unspecified atom stereocenters. The van der Waals surface area contributed by atoms with Crippen LogP contribution in [0.15, 0.2) is 23.9 Å². The highest BCUT2D eigenvalue weighted by atomic mass is 35.5. The van der Waals surface area contributed by atoms with E-state index in [1.54, 1.807) is 18.2 Å². The van der Waals surface area contributed by atoms with Crippen molar-refractivity contribution in [1.82, 2.24) is 0 Å². The summed E-state index contributed by atoms with van der Waals surface area (Å²) in [7, 11) is 1.53. The van der Waals surface area contributed by atoms with Crippen molar-refractivity contribution >= 4 is 24.1 Å². The minimum absolute atomic E-state index is 0. The number of hydroxylamine groups is 3. The lowest BCUT2D eigenvalue weighted by atomic mass is 9.91. The van der Waals surface area contributed by atoms with Gasteiger partial charge in [-0.1, -0.05) is 34.1 Å². The molecule has 1 heterocycles. The number of hydrogen-bond donors (Lipinski definition) is 1. The van der Waals surface area contributed by atoms with Gasteiger partial charge in [0.15, 0.2) is 11.5 Å². The molecule has 6 nitrogen and oxygen atoms in total. The molecule has 0 fully saturated rings. The zero-order valence-corrected chi connectivity index (χ0v) is 17.6. The van der Waals surface area contributed by atoms with E-state index in [0.29, 0.717) is 34.9 Å². The lowest BCUT2D eigenvalue weighted by Crippen LogP contribution is -2.55. The molecular weight excluding hydrogens is 368 g/mol. The predicted octanol–water partition coefficient (Wildman–Crippen LogP) is 4.08. The fourth-order valence-electron chi connectivity index (χ4n) is 3.22. The molecule has 0 bridgehead atoms. The Morgan fingerprint density at radius 2 is 1.89 bits per heavy atom. The molecule has 0 radical (unpaired) electrons. The van der Waals surface area contributed by atoms with Crippen molar-refractivity contribution in [1.29, 1.82) is 0 Å². The Bertz CT molecular complexity index is 712. The number of benzene rings is 1. The van der Waals surface area contributed by atoms with Crippen LogP contribution in [-0.2, 0) is 4.74 Å². The molecular formula is C20H31ClN2O4. The Morgan fingerprint density at radius 3 is 2.41 bits per heavy atom. The molecule has 0 saturated carbocycles. The summed E-state index contributed by atoms with van der Waals surface area (Å²) in [6.45, 7) is 8.41. The number of methoxy groups -OCH3 is 1. The van der Waals surface area contributed by atoms with Crippen LogP contribution in [0.1, 0.15) is 56.5 Å². The van der Waals surface area contributed by atoms with E-state index >= 15 is 0 Å². The smallest absolute Gasteiger partial charge is 0.351 e. The van der Waals surface area contributed by atoms with Gasteiger partial charge in [0.25, 0.3) is 0 Å². The van der Waals surface area contributed by atoms with Crippen LogP contribution in [0.4, 0.5) is 0 Å². The first-order chi connectivity index (χ1) is 12.2. The number of ether oxygens (including phenoxy) is 2. The number of carbonyl (C=O) groups is 1. The summed E-state index contributed by atoms with van der Waals surface area (Å²) < 4.78 is 10.1. The molecule has 1 amide bonds. The summed E-state index contributed by atoms with van der Waals surface area (Å²) in [6.07, 6.45) is 1.83. The molecule has 0 aromatic heterocycles. The molecule has 27 heavy (non-hydrogen) atoms. The highest BCUT2D eigenvalue weighted by Gasteiger charge is 2.45. The average Bonchev–Trinajstić information content (AvgIpc) is 2.57. The highest BCUT2D eigenvalue weighted by molar-refractivity contribution is 5.98. The van der Waals surface area contributed by atoms with Crippen LogP contribution < -0.4 is 10.5 Å². The predicted molar refractivity (Wildman–Crippen MR) is 109 cm³/mol. The molecule has 0 aliphatic carbocycles. The monoisotopic (exact) mass is 398 g/mol. The van der Waals surface area contributed by atoms with E-state index in [-0.39, 0.29) is 30.9 Å². The molecule has 2 N–H and O–H groups in total. The van der Waals surface area contributed by atoms with Crippen LogP contribution >= 0.6 is 12.4 Å². The molecule has 1 atom stereocenters. The van der Waals surface area contributed by atoms with Gasteiger partial charge in [-0.15, -0.1) is 12.4 Å². The number of halogens is 1. The van der Waals surface area contributed by atoms with E-state index in [0.717, 1.165) is 12.8 Å². The maximum atomic E-state index is 13.8. The fraction of sp³-hybridized carbons (Fsp3) is 0.550. The largest absolute Gasteiger partial charge is 0.620 e. The second kappa shape index (κ2) is 9.06. The van der Waals surface area contributed by atoms with E-state index in [1.165, 1.54) is 7.11 Å². The van der Waals surface area contributed by atoms with E-state index in [9.17, 15) is 10.0 Å². The maximum Gasteiger partial charge on any atom is 0.351 e. The lowest BCUT2D eigenvalue weighted by Gasteiger charge is -2.47. The van der Waals surface area contributed by atoms with Crippen molar-refractivity contribution in [2.45, 2.75) is 40.5 Å². The topological polar surface area (TPSA) is 84.6 Å². The van der Waals surface area contributed by atoms with Gasteiger partial charge in [0.1, 0.15) is 5.75 Å². The second-order valence-corrected chi connectivity index (χ2v) is 7.86. The van der Waals surface area contributed by atoms with E-state index < -0.39 is 10.6 Å². The van der Waals surface area contributed by atoms with Crippen molar-refractivity contribution in [2.24, 2.45) is 11.1 Å². The standard InChI is InChI=1S/C20H30N2O4.ClH/c1-6-7-10-26-18-15-9-8-14(25-5)11-16(15)19(23)22(24,17(18)12-21)13-20(2,3)4;/h8-9,11H,6-7,10,12-13,21H2,1-5H3;1H. The third kappa shape index (κ3) is 4.82. The first-order valence-corrected chi connectivity index (χ1v) is 9.07. The minimum atomic E-state index is -1.11. The summed E-state index contributed by atoms with van der Waals surface area (Å²) in [6, 6.07) is 5.14. The first kappa shape index (κ1) is 23.4. The van der Waals surface area contributed by atoms with Crippen molar-refractivity contribution in [3.63, 3.8) is 0 Å². The normalized spacial score (nSPS) is 19.4. The number of quaternary nitrogens is 1. The molecule has 0 spiro atoms. The molecule has 1 aromatic carbocycles. The molecule has 1 aliphatic heterocycles. The molecule has 2 rings (SSSR count). The van der Waals surface area contributed by atoms with Crippen molar-refractivity contribution in [3.8, 4) is 5.75 Å². The molecule has 1 aromatic rings. The third-order valence-electron chi connectivity index (χ3n) is 4.36. The number of hydrogen-bond acceptors (Lipinski definition) is 5. The van der Waals surface area contributed by atoms with Gasteiger partial charge in [-0.25, -0.2) is 4.79 Å². The average molecular weight is 399 g/mol. The summed E-state index contributed by atoms with van der Waals surface area (Å²) in [5.74, 6) is 0.457. The summed E-state index contributed by atoms with van der Waals surface area (Å²) >= 11 is 0. The summed E-state index contributed by atoms with van der Waals surface area (Å²) in [5, 5.41) is 13.8. The Hall–Kier alpha value is -1.60. The van der Waals surface area contributed by atoms with E-state index in [2.05, 4.69) is 6.92 Å². The number of fused-ring (bicyclic) bond motifs is 1. The van der Waals surface area contributed by atoms with Crippen LogP contribution in [0.3, 0.4) is 0 Å². The summed E-state index contributed by atoms with van der Waals surface area (Å²) in [5.41, 5.74) is 6.81. The third-order valence-corrected chi connectivity index (χ3v) is 4.36. The first-order valence-electron chi connectivity index (χ1n) is 9.07. The zero-order chi connectivity index (χ0) is 19.5. The van der Waals surface area contributed by atoms with Crippen molar-refractivity contribution in [2.75, 3.05) is 26.8 Å². The minimum Gasteiger partial charge on any atom is -0.620 e. The van der Waals surface area contributed by atoms with Crippen LogP contribution in [0, 0.1) is 10.6 Å².